The third-order valence-electron chi connectivity index (χ3n) is 7.40. The van der Waals surface area contributed by atoms with Gasteiger partial charge in [-0.15, -0.1) is 0 Å². The van der Waals surface area contributed by atoms with Crippen LogP contribution in [0.2, 0.25) is 0 Å². The summed E-state index contributed by atoms with van der Waals surface area (Å²) in [6.07, 6.45) is 3.82. The number of hydrogen-bond donors (Lipinski definition) is 1. The van der Waals surface area contributed by atoms with E-state index < -0.39 is 0 Å². The minimum atomic E-state index is 0.0649. The summed E-state index contributed by atoms with van der Waals surface area (Å²) >= 11 is 0. The predicted molar refractivity (Wildman–Crippen MR) is 114 cm³/mol. The van der Waals surface area contributed by atoms with E-state index >= 15 is 0 Å². The highest BCUT2D eigenvalue weighted by molar-refractivity contribution is 6.03. The summed E-state index contributed by atoms with van der Waals surface area (Å²) in [6.45, 7) is 10.4. The Balaban J connectivity index is 1.43. The number of likely N-dealkylation sites (tertiary alicyclic amines) is 1. The molecule has 1 aromatic rings. The van der Waals surface area contributed by atoms with E-state index in [4.69, 9.17) is 9.47 Å². The minimum absolute atomic E-state index is 0.0649. The van der Waals surface area contributed by atoms with E-state index in [9.17, 15) is 4.79 Å². The third kappa shape index (κ3) is 4.29. The number of ketones is 1. The molecule has 3 aliphatic rings. The fraction of sp³-hybridized carbons (Fsp3) is 0.708. The van der Waals surface area contributed by atoms with Crippen LogP contribution in [-0.4, -0.2) is 63.3 Å². The topological polar surface area (TPSA) is 50.8 Å². The standard InChI is InChI=1S/C24H36N2O3/c1-17-22-23(27)20-7-6-19(15-25-9-11-29-13-12-28-3)14-21(20)24(17,2)8-10-26(22)16-18-4-5-18/h6-7,14,17-18,22,25H,4-5,8-13,15-16H2,1-3H3/t17-,22?,24+/m0/s1. The number of benzene rings is 1. The zero-order chi connectivity index (χ0) is 20.4. The Bertz CT molecular complexity index is 733. The highest BCUT2D eigenvalue weighted by Crippen LogP contribution is 2.49. The molecule has 5 heteroatoms. The van der Waals surface area contributed by atoms with Crippen LogP contribution in [0.5, 0.6) is 0 Å². The molecule has 160 valence electrons. The number of nitrogens with one attached hydrogen (secondary N) is 1. The summed E-state index contributed by atoms with van der Waals surface area (Å²) in [6, 6.07) is 6.56. The first-order valence-corrected chi connectivity index (χ1v) is 11.2. The second-order valence-corrected chi connectivity index (χ2v) is 9.37. The van der Waals surface area contributed by atoms with E-state index in [2.05, 4.69) is 42.3 Å². The molecule has 1 heterocycles. The average Bonchev–Trinajstić information content (AvgIpc) is 3.53. The van der Waals surface area contributed by atoms with Crippen molar-refractivity contribution in [1.29, 1.82) is 0 Å². The number of methoxy groups -OCH3 is 1. The van der Waals surface area contributed by atoms with Crippen LogP contribution in [-0.2, 0) is 21.4 Å². The Kier molecular flexibility index (Phi) is 6.40. The van der Waals surface area contributed by atoms with Gasteiger partial charge in [0.05, 0.1) is 25.9 Å². The Morgan fingerprint density at radius 2 is 2.07 bits per heavy atom. The molecule has 0 amide bonds. The number of ether oxygens (including phenoxy) is 2. The van der Waals surface area contributed by atoms with E-state index in [0.29, 0.717) is 31.5 Å². The molecule has 1 aliphatic heterocycles. The van der Waals surface area contributed by atoms with Crippen LogP contribution in [0, 0.1) is 11.8 Å². The maximum atomic E-state index is 13.4. The van der Waals surface area contributed by atoms with Crippen LogP contribution in [0.4, 0.5) is 0 Å². The molecular weight excluding hydrogens is 364 g/mol. The van der Waals surface area contributed by atoms with E-state index in [0.717, 1.165) is 44.1 Å². The van der Waals surface area contributed by atoms with Gasteiger partial charge in [-0.1, -0.05) is 32.0 Å². The number of nitrogens with zero attached hydrogens (tertiary/aromatic N) is 1. The SMILES string of the molecule is COCCOCCNCc1ccc2c(c1)[C@]1(C)CCN(CC3CC3)C(C2=O)[C@@H]1C. The Morgan fingerprint density at radius 3 is 2.83 bits per heavy atom. The van der Waals surface area contributed by atoms with E-state index in [-0.39, 0.29) is 11.5 Å². The molecule has 5 nitrogen and oxygen atoms in total. The molecule has 2 aliphatic carbocycles. The fourth-order valence-corrected chi connectivity index (χ4v) is 5.19. The van der Waals surface area contributed by atoms with Crippen molar-refractivity contribution < 1.29 is 14.3 Å². The van der Waals surface area contributed by atoms with Crippen molar-refractivity contribution in [2.24, 2.45) is 11.8 Å². The molecule has 1 unspecified atom stereocenters. The Hall–Kier alpha value is -1.27. The largest absolute Gasteiger partial charge is 0.382 e. The van der Waals surface area contributed by atoms with Crippen molar-refractivity contribution >= 4 is 5.78 Å². The van der Waals surface area contributed by atoms with Crippen LogP contribution in [0.3, 0.4) is 0 Å². The normalized spacial score (nSPS) is 29.1. The molecule has 1 saturated heterocycles. The van der Waals surface area contributed by atoms with Gasteiger partial charge in [-0.3, -0.25) is 9.69 Å². The van der Waals surface area contributed by atoms with Crippen molar-refractivity contribution in [3.63, 3.8) is 0 Å². The molecule has 4 rings (SSSR count). The van der Waals surface area contributed by atoms with Crippen LogP contribution < -0.4 is 5.32 Å². The lowest BCUT2D eigenvalue weighted by Crippen LogP contribution is -2.61. The fourth-order valence-electron chi connectivity index (χ4n) is 5.19. The first-order chi connectivity index (χ1) is 14.0. The number of carbonyl (C=O) groups excluding carboxylic acids is 1. The van der Waals surface area contributed by atoms with Crippen molar-refractivity contribution in [3.05, 3.63) is 34.9 Å². The summed E-state index contributed by atoms with van der Waals surface area (Å²) in [5, 5.41) is 3.45. The molecule has 2 fully saturated rings. The van der Waals surface area contributed by atoms with Crippen molar-refractivity contribution in [1.82, 2.24) is 10.2 Å². The van der Waals surface area contributed by atoms with Gasteiger partial charge < -0.3 is 14.8 Å². The quantitative estimate of drug-likeness (QED) is 0.612. The van der Waals surface area contributed by atoms with Crippen molar-refractivity contribution in [2.45, 2.75) is 51.1 Å². The Labute approximate surface area is 175 Å². The lowest BCUT2D eigenvalue weighted by Gasteiger charge is -2.53. The van der Waals surface area contributed by atoms with E-state index in [1.807, 2.05) is 0 Å². The van der Waals surface area contributed by atoms with Gasteiger partial charge in [0.15, 0.2) is 5.78 Å². The first kappa shape index (κ1) is 21.0. The molecule has 1 N–H and O–H groups in total. The zero-order valence-electron chi connectivity index (χ0n) is 18.2. The summed E-state index contributed by atoms with van der Waals surface area (Å²) in [5.41, 5.74) is 3.57. The highest BCUT2D eigenvalue weighted by Gasteiger charge is 2.52. The van der Waals surface area contributed by atoms with Gasteiger partial charge in [-0.2, -0.15) is 0 Å². The van der Waals surface area contributed by atoms with Gasteiger partial charge in [0.25, 0.3) is 0 Å². The van der Waals surface area contributed by atoms with E-state index in [1.165, 1.54) is 24.0 Å². The molecular formula is C24H36N2O3. The minimum Gasteiger partial charge on any atom is -0.382 e. The zero-order valence-corrected chi connectivity index (χ0v) is 18.2. The second kappa shape index (κ2) is 8.84. The average molecular weight is 401 g/mol. The van der Waals surface area contributed by atoms with E-state index in [1.54, 1.807) is 7.11 Å². The van der Waals surface area contributed by atoms with Crippen molar-refractivity contribution in [2.75, 3.05) is 46.6 Å². The highest BCUT2D eigenvalue weighted by atomic mass is 16.5. The summed E-state index contributed by atoms with van der Waals surface area (Å²) in [7, 11) is 1.68. The van der Waals surface area contributed by atoms with Gasteiger partial charge >= 0.3 is 0 Å². The van der Waals surface area contributed by atoms with Crippen LogP contribution in [0.1, 0.15) is 54.6 Å². The van der Waals surface area contributed by atoms with Gasteiger partial charge in [0, 0.05) is 32.3 Å². The summed E-state index contributed by atoms with van der Waals surface area (Å²) < 4.78 is 10.5. The molecule has 0 spiro atoms. The number of hydrogen-bond acceptors (Lipinski definition) is 5. The maximum absolute atomic E-state index is 13.4. The molecule has 2 bridgehead atoms. The smallest absolute Gasteiger partial charge is 0.180 e. The maximum Gasteiger partial charge on any atom is 0.180 e. The van der Waals surface area contributed by atoms with Crippen molar-refractivity contribution in [3.8, 4) is 0 Å². The number of carbonyl (C=O) groups is 1. The molecule has 0 aromatic heterocycles. The lowest BCUT2D eigenvalue weighted by atomic mass is 9.58. The lowest BCUT2D eigenvalue weighted by molar-refractivity contribution is 0.0266. The molecule has 1 aromatic carbocycles. The summed E-state index contributed by atoms with van der Waals surface area (Å²) in [5.74, 6) is 1.54. The number of fused-ring (bicyclic) bond motifs is 4. The first-order valence-electron chi connectivity index (χ1n) is 11.2. The Morgan fingerprint density at radius 1 is 1.24 bits per heavy atom. The van der Waals surface area contributed by atoms with Gasteiger partial charge in [-0.25, -0.2) is 0 Å². The van der Waals surface area contributed by atoms with Gasteiger partial charge in [0.2, 0.25) is 0 Å². The van der Waals surface area contributed by atoms with Crippen LogP contribution in [0.15, 0.2) is 18.2 Å². The monoisotopic (exact) mass is 400 g/mol. The predicted octanol–water partition coefficient (Wildman–Crippen LogP) is 3.01. The number of Topliss-reactive ketones (excluding diaryl/α,β-unsaturated/α-hetero) is 1. The van der Waals surface area contributed by atoms with Crippen LogP contribution >= 0.6 is 0 Å². The van der Waals surface area contributed by atoms with Crippen LogP contribution in [0.25, 0.3) is 0 Å². The molecule has 1 saturated carbocycles. The molecule has 29 heavy (non-hydrogen) atoms. The molecule has 0 radical (unpaired) electrons. The third-order valence-corrected chi connectivity index (χ3v) is 7.40. The summed E-state index contributed by atoms with van der Waals surface area (Å²) in [4.78, 5) is 15.9. The number of piperidine rings is 1. The second-order valence-electron chi connectivity index (χ2n) is 9.37. The van der Waals surface area contributed by atoms with Gasteiger partial charge in [-0.05, 0) is 54.2 Å². The van der Waals surface area contributed by atoms with Gasteiger partial charge in [0.1, 0.15) is 0 Å². The number of rotatable bonds is 10. The molecule has 3 atom stereocenters.